The molecular formula is C15H18ClFO. The molecule has 0 aliphatic heterocycles. The molecule has 1 aromatic rings. The third-order valence-electron chi connectivity index (χ3n) is 4.01. The fourth-order valence-corrected chi connectivity index (χ4v) is 2.88. The van der Waals surface area contributed by atoms with Crippen molar-refractivity contribution < 1.29 is 9.18 Å². The van der Waals surface area contributed by atoms with E-state index in [2.05, 4.69) is 0 Å². The normalized spacial score (nSPS) is 18.6. The number of benzene rings is 1. The molecule has 1 fully saturated rings. The van der Waals surface area contributed by atoms with E-state index in [1.807, 2.05) is 6.92 Å². The van der Waals surface area contributed by atoms with Crippen LogP contribution in [0.25, 0.3) is 0 Å². The Morgan fingerprint density at radius 2 is 2.00 bits per heavy atom. The summed E-state index contributed by atoms with van der Waals surface area (Å²) in [6.07, 6.45) is 5.56. The van der Waals surface area contributed by atoms with Crippen LogP contribution in [0.5, 0.6) is 0 Å². The molecule has 1 saturated carbocycles. The van der Waals surface area contributed by atoms with Gasteiger partial charge in [0.05, 0.1) is 5.02 Å². The zero-order valence-corrected chi connectivity index (χ0v) is 11.4. The molecule has 3 heteroatoms. The Hall–Kier alpha value is -0.890. The van der Waals surface area contributed by atoms with Crippen molar-refractivity contribution in [1.82, 2.24) is 0 Å². The van der Waals surface area contributed by atoms with Gasteiger partial charge in [-0.2, -0.15) is 0 Å². The molecule has 0 radical (unpaired) electrons. The summed E-state index contributed by atoms with van der Waals surface area (Å²) in [7, 11) is 0. The van der Waals surface area contributed by atoms with Gasteiger partial charge in [0.15, 0.2) is 0 Å². The standard InChI is InChI=1S/C15H18ClFO/c1-15(8-3-2-4-9-15)13(18)10-11-6-5-7-12(17)14(11)16/h5-7H,2-4,8-10H2,1H3. The van der Waals surface area contributed by atoms with Crippen molar-refractivity contribution in [1.29, 1.82) is 0 Å². The van der Waals surface area contributed by atoms with Gasteiger partial charge in [0.25, 0.3) is 0 Å². The predicted octanol–water partition coefficient (Wildman–Crippen LogP) is 4.56. The van der Waals surface area contributed by atoms with Gasteiger partial charge in [0.1, 0.15) is 11.6 Å². The van der Waals surface area contributed by atoms with Crippen LogP contribution < -0.4 is 0 Å². The molecule has 0 unspecified atom stereocenters. The van der Waals surface area contributed by atoms with E-state index < -0.39 is 5.82 Å². The average Bonchev–Trinajstić information content (AvgIpc) is 2.36. The summed E-state index contributed by atoms with van der Waals surface area (Å²) in [4.78, 5) is 12.4. The van der Waals surface area contributed by atoms with E-state index in [9.17, 15) is 9.18 Å². The smallest absolute Gasteiger partial charge is 0.143 e. The van der Waals surface area contributed by atoms with Crippen LogP contribution >= 0.6 is 11.6 Å². The highest BCUT2D eigenvalue weighted by atomic mass is 35.5. The van der Waals surface area contributed by atoms with Gasteiger partial charge in [-0.25, -0.2) is 4.39 Å². The lowest BCUT2D eigenvalue weighted by molar-refractivity contribution is -0.128. The van der Waals surface area contributed by atoms with Crippen molar-refractivity contribution >= 4 is 17.4 Å². The molecule has 0 bridgehead atoms. The van der Waals surface area contributed by atoms with Crippen molar-refractivity contribution in [3.63, 3.8) is 0 Å². The Labute approximate surface area is 112 Å². The van der Waals surface area contributed by atoms with E-state index in [4.69, 9.17) is 11.6 Å². The minimum Gasteiger partial charge on any atom is -0.299 e. The van der Waals surface area contributed by atoms with Crippen molar-refractivity contribution in [2.24, 2.45) is 5.41 Å². The van der Waals surface area contributed by atoms with Crippen LogP contribution in [0.15, 0.2) is 18.2 Å². The molecule has 0 heterocycles. The van der Waals surface area contributed by atoms with Gasteiger partial charge in [-0.1, -0.05) is 49.9 Å². The van der Waals surface area contributed by atoms with Crippen LogP contribution in [0.1, 0.15) is 44.6 Å². The highest BCUT2D eigenvalue weighted by molar-refractivity contribution is 6.31. The fourth-order valence-electron chi connectivity index (χ4n) is 2.68. The Balaban J connectivity index is 2.13. The topological polar surface area (TPSA) is 17.1 Å². The number of ketones is 1. The number of carbonyl (C=O) groups is 1. The molecule has 0 amide bonds. The van der Waals surface area contributed by atoms with Gasteiger partial charge >= 0.3 is 0 Å². The van der Waals surface area contributed by atoms with E-state index in [1.54, 1.807) is 12.1 Å². The molecule has 18 heavy (non-hydrogen) atoms. The van der Waals surface area contributed by atoms with Gasteiger partial charge < -0.3 is 0 Å². The predicted molar refractivity (Wildman–Crippen MR) is 71.3 cm³/mol. The summed E-state index contributed by atoms with van der Waals surface area (Å²) in [5.41, 5.74) is 0.363. The van der Waals surface area contributed by atoms with Crippen LogP contribution in [0, 0.1) is 11.2 Å². The Morgan fingerprint density at radius 3 is 2.67 bits per heavy atom. The molecular weight excluding hydrogens is 251 g/mol. The largest absolute Gasteiger partial charge is 0.299 e. The van der Waals surface area contributed by atoms with Crippen molar-refractivity contribution in [2.75, 3.05) is 0 Å². The second-order valence-electron chi connectivity index (χ2n) is 5.43. The first kappa shape index (κ1) is 13.5. The first-order valence-corrected chi connectivity index (χ1v) is 6.87. The number of hydrogen-bond acceptors (Lipinski definition) is 1. The van der Waals surface area contributed by atoms with Crippen LogP contribution in [-0.4, -0.2) is 5.78 Å². The SMILES string of the molecule is CC1(C(=O)Cc2cccc(F)c2Cl)CCCCC1. The molecule has 98 valence electrons. The quantitative estimate of drug-likeness (QED) is 0.785. The van der Waals surface area contributed by atoms with E-state index in [0.717, 1.165) is 25.7 Å². The van der Waals surface area contributed by atoms with Gasteiger partial charge in [-0.3, -0.25) is 4.79 Å². The maximum Gasteiger partial charge on any atom is 0.143 e. The summed E-state index contributed by atoms with van der Waals surface area (Å²) >= 11 is 5.89. The van der Waals surface area contributed by atoms with E-state index in [-0.39, 0.29) is 22.6 Å². The number of hydrogen-bond donors (Lipinski definition) is 0. The summed E-state index contributed by atoms with van der Waals surface area (Å²) in [6, 6.07) is 4.65. The minimum absolute atomic E-state index is 0.0882. The van der Waals surface area contributed by atoms with Crippen molar-refractivity contribution in [2.45, 2.75) is 45.4 Å². The van der Waals surface area contributed by atoms with E-state index in [1.165, 1.54) is 12.5 Å². The molecule has 0 N–H and O–H groups in total. The fraction of sp³-hybridized carbons (Fsp3) is 0.533. The van der Waals surface area contributed by atoms with Crippen LogP contribution in [0.4, 0.5) is 4.39 Å². The van der Waals surface area contributed by atoms with Gasteiger partial charge in [0.2, 0.25) is 0 Å². The maximum absolute atomic E-state index is 13.3. The average molecular weight is 269 g/mol. The summed E-state index contributed by atoms with van der Waals surface area (Å²) in [5.74, 6) is -0.259. The Bertz CT molecular complexity index is 450. The number of halogens is 2. The van der Waals surface area contributed by atoms with Gasteiger partial charge in [0, 0.05) is 11.8 Å². The van der Waals surface area contributed by atoms with Crippen molar-refractivity contribution in [3.8, 4) is 0 Å². The molecule has 0 aromatic heterocycles. The third-order valence-corrected chi connectivity index (χ3v) is 4.44. The number of carbonyl (C=O) groups excluding carboxylic acids is 1. The third kappa shape index (κ3) is 2.74. The first-order chi connectivity index (χ1) is 8.53. The molecule has 1 aliphatic carbocycles. The molecule has 0 saturated heterocycles. The lowest BCUT2D eigenvalue weighted by Crippen LogP contribution is -2.31. The monoisotopic (exact) mass is 268 g/mol. The molecule has 1 aliphatic rings. The van der Waals surface area contributed by atoms with Crippen LogP contribution in [-0.2, 0) is 11.2 Å². The zero-order valence-electron chi connectivity index (χ0n) is 10.6. The number of Topliss-reactive ketones (excluding diaryl/α,β-unsaturated/α-hetero) is 1. The Kier molecular flexibility index (Phi) is 4.06. The van der Waals surface area contributed by atoms with E-state index in [0.29, 0.717) is 5.56 Å². The minimum atomic E-state index is -0.448. The van der Waals surface area contributed by atoms with Gasteiger partial charge in [-0.15, -0.1) is 0 Å². The van der Waals surface area contributed by atoms with Gasteiger partial charge in [-0.05, 0) is 24.5 Å². The van der Waals surface area contributed by atoms with Crippen LogP contribution in [0.3, 0.4) is 0 Å². The summed E-state index contributed by atoms with van der Waals surface area (Å²) in [5, 5.41) is 0.0882. The number of rotatable bonds is 3. The lowest BCUT2D eigenvalue weighted by atomic mass is 9.71. The van der Waals surface area contributed by atoms with Crippen LogP contribution in [0.2, 0.25) is 5.02 Å². The highest BCUT2D eigenvalue weighted by Gasteiger charge is 2.34. The second-order valence-corrected chi connectivity index (χ2v) is 5.81. The molecule has 2 rings (SSSR count). The van der Waals surface area contributed by atoms with E-state index >= 15 is 0 Å². The summed E-state index contributed by atoms with van der Waals surface area (Å²) in [6.45, 7) is 2.03. The molecule has 1 aromatic carbocycles. The molecule has 1 nitrogen and oxygen atoms in total. The summed E-state index contributed by atoms with van der Waals surface area (Å²) < 4.78 is 13.3. The second kappa shape index (κ2) is 5.40. The molecule has 0 spiro atoms. The highest BCUT2D eigenvalue weighted by Crippen LogP contribution is 2.37. The maximum atomic E-state index is 13.3. The molecule has 0 atom stereocenters. The lowest BCUT2D eigenvalue weighted by Gasteiger charge is -2.32. The van der Waals surface area contributed by atoms with Crippen molar-refractivity contribution in [3.05, 3.63) is 34.6 Å². The first-order valence-electron chi connectivity index (χ1n) is 6.49. The zero-order chi connectivity index (χ0) is 13.2. The Morgan fingerprint density at radius 1 is 1.33 bits per heavy atom.